The summed E-state index contributed by atoms with van der Waals surface area (Å²) in [6.45, 7) is 3.23. The number of carbonyl (C=O) groups is 1. The number of fused-ring (bicyclic) bond motifs is 1. The van der Waals surface area contributed by atoms with Gasteiger partial charge in [0, 0.05) is 24.7 Å². The van der Waals surface area contributed by atoms with E-state index in [1.807, 2.05) is 6.07 Å². The maximum Gasteiger partial charge on any atom is 0.251 e. The first-order chi connectivity index (χ1) is 10.8. The highest BCUT2D eigenvalue weighted by molar-refractivity contribution is 5.94. The van der Waals surface area contributed by atoms with Crippen molar-refractivity contribution in [1.82, 2.24) is 10.2 Å². The number of likely N-dealkylation sites (tertiary alicyclic amines) is 1. The maximum atomic E-state index is 12.4. The third kappa shape index (κ3) is 3.05. The zero-order chi connectivity index (χ0) is 14.9. The molecule has 1 N–H and O–H groups in total. The highest BCUT2D eigenvalue weighted by Crippen LogP contribution is 2.31. The van der Waals surface area contributed by atoms with Gasteiger partial charge in [0.1, 0.15) is 0 Å². The molecule has 2 fully saturated rings. The molecule has 1 aliphatic heterocycles. The number of hydrogen-bond acceptors (Lipinski definition) is 2. The van der Waals surface area contributed by atoms with E-state index in [2.05, 4.69) is 22.3 Å². The first kappa shape index (κ1) is 14.3. The van der Waals surface area contributed by atoms with Gasteiger partial charge in [-0.15, -0.1) is 0 Å². The maximum absolute atomic E-state index is 12.4. The summed E-state index contributed by atoms with van der Waals surface area (Å²) >= 11 is 0. The summed E-state index contributed by atoms with van der Waals surface area (Å²) < 4.78 is 0. The van der Waals surface area contributed by atoms with Crippen LogP contribution in [0.25, 0.3) is 0 Å². The molecule has 0 bridgehead atoms. The number of nitrogens with one attached hydrogen (secondary N) is 1. The number of aryl methyl sites for hydroxylation is 2. The Hall–Kier alpha value is -1.35. The van der Waals surface area contributed by atoms with Gasteiger partial charge in [0.25, 0.3) is 5.91 Å². The van der Waals surface area contributed by atoms with Crippen molar-refractivity contribution in [3.63, 3.8) is 0 Å². The van der Waals surface area contributed by atoms with Gasteiger partial charge in [-0.2, -0.15) is 0 Å². The standard InChI is InChI=1S/C19H26N2O/c22-19(17-6-5-15-3-1-2-4-16(15)11-17)20-12-14-9-10-21(13-14)18-7-8-18/h5-6,11,14,18H,1-4,7-10,12-13H2,(H,20,22). The molecule has 1 atom stereocenters. The first-order valence-electron chi connectivity index (χ1n) is 8.93. The van der Waals surface area contributed by atoms with E-state index in [4.69, 9.17) is 0 Å². The Morgan fingerprint density at radius 3 is 2.77 bits per heavy atom. The quantitative estimate of drug-likeness (QED) is 0.927. The number of benzene rings is 1. The molecule has 1 heterocycles. The highest BCUT2D eigenvalue weighted by Gasteiger charge is 2.34. The van der Waals surface area contributed by atoms with Crippen LogP contribution in [-0.4, -0.2) is 36.5 Å². The van der Waals surface area contributed by atoms with Crippen molar-refractivity contribution in [3.05, 3.63) is 34.9 Å². The van der Waals surface area contributed by atoms with Crippen molar-refractivity contribution >= 4 is 5.91 Å². The van der Waals surface area contributed by atoms with Gasteiger partial charge in [0.2, 0.25) is 0 Å². The Balaban J connectivity index is 1.32. The van der Waals surface area contributed by atoms with Crippen LogP contribution >= 0.6 is 0 Å². The fraction of sp³-hybridized carbons (Fsp3) is 0.632. The van der Waals surface area contributed by atoms with E-state index in [1.165, 1.54) is 62.7 Å². The van der Waals surface area contributed by atoms with Crippen molar-refractivity contribution in [3.8, 4) is 0 Å². The van der Waals surface area contributed by atoms with Crippen molar-refractivity contribution in [1.29, 1.82) is 0 Å². The normalized spacial score (nSPS) is 25.0. The molecule has 3 heteroatoms. The monoisotopic (exact) mass is 298 g/mol. The lowest BCUT2D eigenvalue weighted by atomic mass is 9.90. The van der Waals surface area contributed by atoms with Crippen LogP contribution in [0.3, 0.4) is 0 Å². The Morgan fingerprint density at radius 1 is 1.14 bits per heavy atom. The van der Waals surface area contributed by atoms with Crippen LogP contribution in [0.5, 0.6) is 0 Å². The van der Waals surface area contributed by atoms with Crippen LogP contribution in [0.1, 0.15) is 53.6 Å². The lowest BCUT2D eigenvalue weighted by Crippen LogP contribution is -2.31. The van der Waals surface area contributed by atoms with Crippen LogP contribution < -0.4 is 5.32 Å². The van der Waals surface area contributed by atoms with Gasteiger partial charge < -0.3 is 10.2 Å². The van der Waals surface area contributed by atoms with E-state index in [0.29, 0.717) is 5.92 Å². The van der Waals surface area contributed by atoms with Gasteiger partial charge in [-0.1, -0.05) is 6.07 Å². The largest absolute Gasteiger partial charge is 0.352 e. The second-order valence-electron chi connectivity index (χ2n) is 7.28. The molecule has 1 unspecified atom stereocenters. The Labute approximate surface area is 133 Å². The van der Waals surface area contributed by atoms with Crippen LogP contribution in [0.15, 0.2) is 18.2 Å². The molecular formula is C19H26N2O. The minimum Gasteiger partial charge on any atom is -0.352 e. The van der Waals surface area contributed by atoms with Gasteiger partial charge in [0.15, 0.2) is 0 Å². The number of carbonyl (C=O) groups excluding carboxylic acids is 1. The lowest BCUT2D eigenvalue weighted by molar-refractivity contribution is 0.0947. The van der Waals surface area contributed by atoms with Gasteiger partial charge in [-0.3, -0.25) is 4.79 Å². The molecular weight excluding hydrogens is 272 g/mol. The zero-order valence-corrected chi connectivity index (χ0v) is 13.3. The van der Waals surface area contributed by atoms with E-state index >= 15 is 0 Å². The molecule has 22 heavy (non-hydrogen) atoms. The average molecular weight is 298 g/mol. The number of rotatable bonds is 4. The number of nitrogens with zero attached hydrogens (tertiary/aromatic N) is 1. The molecule has 0 aromatic heterocycles. The first-order valence-corrected chi connectivity index (χ1v) is 8.93. The molecule has 3 nitrogen and oxygen atoms in total. The van der Waals surface area contributed by atoms with Crippen LogP contribution in [0.2, 0.25) is 0 Å². The second-order valence-corrected chi connectivity index (χ2v) is 7.28. The summed E-state index contributed by atoms with van der Waals surface area (Å²) in [5, 5.41) is 3.16. The fourth-order valence-corrected chi connectivity index (χ4v) is 4.01. The summed E-state index contributed by atoms with van der Waals surface area (Å²) in [6, 6.07) is 7.15. The summed E-state index contributed by atoms with van der Waals surface area (Å²) in [5.74, 6) is 0.750. The Bertz CT molecular complexity index is 565. The molecule has 118 valence electrons. The molecule has 0 spiro atoms. The van der Waals surface area contributed by atoms with Gasteiger partial charge in [0.05, 0.1) is 0 Å². The highest BCUT2D eigenvalue weighted by atomic mass is 16.1. The minimum atomic E-state index is 0.109. The van der Waals surface area contributed by atoms with E-state index in [9.17, 15) is 4.79 Å². The van der Waals surface area contributed by atoms with Gasteiger partial charge in [-0.25, -0.2) is 0 Å². The predicted octanol–water partition coefficient (Wildman–Crippen LogP) is 2.78. The van der Waals surface area contributed by atoms with Crippen LogP contribution in [0, 0.1) is 5.92 Å². The summed E-state index contributed by atoms with van der Waals surface area (Å²) in [5.41, 5.74) is 3.68. The van der Waals surface area contributed by atoms with Crippen LogP contribution in [0.4, 0.5) is 0 Å². The topological polar surface area (TPSA) is 32.3 Å². The Morgan fingerprint density at radius 2 is 1.95 bits per heavy atom. The van der Waals surface area contributed by atoms with Crippen LogP contribution in [-0.2, 0) is 12.8 Å². The van der Waals surface area contributed by atoms with Gasteiger partial charge >= 0.3 is 0 Å². The zero-order valence-electron chi connectivity index (χ0n) is 13.3. The minimum absolute atomic E-state index is 0.109. The third-order valence-corrected chi connectivity index (χ3v) is 5.54. The molecule has 0 radical (unpaired) electrons. The van der Waals surface area contributed by atoms with Gasteiger partial charge in [-0.05, 0) is 80.7 Å². The summed E-state index contributed by atoms with van der Waals surface area (Å²) in [4.78, 5) is 15.0. The molecule has 1 saturated carbocycles. The van der Waals surface area contributed by atoms with Crippen molar-refractivity contribution in [2.24, 2.45) is 5.92 Å². The Kier molecular flexibility index (Phi) is 3.91. The fourth-order valence-electron chi connectivity index (χ4n) is 4.01. The molecule has 1 aromatic carbocycles. The van der Waals surface area contributed by atoms with Crippen molar-refractivity contribution in [2.45, 2.75) is 51.0 Å². The smallest absolute Gasteiger partial charge is 0.251 e. The third-order valence-electron chi connectivity index (χ3n) is 5.54. The lowest BCUT2D eigenvalue weighted by Gasteiger charge is -2.17. The van der Waals surface area contributed by atoms with E-state index < -0.39 is 0 Å². The number of amides is 1. The van der Waals surface area contributed by atoms with Crippen molar-refractivity contribution in [2.75, 3.05) is 19.6 Å². The molecule has 1 amide bonds. The van der Waals surface area contributed by atoms with E-state index in [1.54, 1.807) is 0 Å². The van der Waals surface area contributed by atoms with E-state index in [-0.39, 0.29) is 5.91 Å². The SMILES string of the molecule is O=C(NCC1CCN(C2CC2)C1)c1ccc2c(c1)CCCC2. The van der Waals surface area contributed by atoms with E-state index in [0.717, 1.165) is 24.6 Å². The summed E-state index contributed by atoms with van der Waals surface area (Å²) in [7, 11) is 0. The molecule has 1 saturated heterocycles. The molecule has 2 aliphatic carbocycles. The predicted molar refractivity (Wildman–Crippen MR) is 88.1 cm³/mol. The number of hydrogen-bond donors (Lipinski definition) is 1. The molecule has 3 aliphatic rings. The summed E-state index contributed by atoms with van der Waals surface area (Å²) in [6.07, 6.45) is 8.87. The average Bonchev–Trinajstić information content (AvgIpc) is 3.31. The second kappa shape index (κ2) is 6.04. The molecule has 4 rings (SSSR count). The molecule has 1 aromatic rings. The van der Waals surface area contributed by atoms with Crippen molar-refractivity contribution < 1.29 is 4.79 Å².